The third-order valence-electron chi connectivity index (χ3n) is 4.24. The van der Waals surface area contributed by atoms with Crippen LogP contribution in [0.25, 0.3) is 0 Å². The van der Waals surface area contributed by atoms with E-state index in [-0.39, 0.29) is 5.92 Å². The number of hydrogen-bond donors (Lipinski definition) is 2. The fourth-order valence-electron chi connectivity index (χ4n) is 2.94. The lowest BCUT2D eigenvalue weighted by Gasteiger charge is -2.40. The minimum absolute atomic E-state index is 0.0678. The van der Waals surface area contributed by atoms with Gasteiger partial charge in [0.2, 0.25) is 17.7 Å². The highest BCUT2D eigenvalue weighted by Crippen LogP contribution is 2.35. The van der Waals surface area contributed by atoms with E-state index in [0.29, 0.717) is 0 Å². The zero-order valence-electron chi connectivity index (χ0n) is 11.6. The standard InChI is InChI=1S/C13H19N3O4/c1-13(2,11(14)19)16-10(18)8(7-5-3-4-6-7)9(17)15-12(16)20/h7-8H,3-6H2,1-2H3,(H2,14,19)(H,15,17,20). The van der Waals surface area contributed by atoms with Gasteiger partial charge in [-0.1, -0.05) is 12.8 Å². The number of primary amides is 1. The summed E-state index contributed by atoms with van der Waals surface area (Å²) in [5, 5.41) is 2.17. The van der Waals surface area contributed by atoms with Gasteiger partial charge in [0.1, 0.15) is 11.5 Å². The SMILES string of the molecule is CC(C)(C(N)=O)N1C(=O)NC(=O)C(C2CCCC2)C1=O. The van der Waals surface area contributed by atoms with Gasteiger partial charge in [-0.25, -0.2) is 9.69 Å². The molecule has 0 aromatic carbocycles. The Balaban J connectivity index is 2.33. The van der Waals surface area contributed by atoms with Crippen molar-refractivity contribution in [3.63, 3.8) is 0 Å². The van der Waals surface area contributed by atoms with E-state index < -0.39 is 35.2 Å². The lowest BCUT2D eigenvalue weighted by Crippen LogP contribution is -2.68. The molecule has 5 amide bonds. The second-order valence-electron chi connectivity index (χ2n) is 5.91. The van der Waals surface area contributed by atoms with Crippen molar-refractivity contribution in [3.05, 3.63) is 0 Å². The molecule has 1 saturated heterocycles. The van der Waals surface area contributed by atoms with Gasteiger partial charge in [-0.2, -0.15) is 0 Å². The number of nitrogens with one attached hydrogen (secondary N) is 1. The molecule has 110 valence electrons. The van der Waals surface area contributed by atoms with Gasteiger partial charge >= 0.3 is 6.03 Å². The molecule has 2 rings (SSSR count). The monoisotopic (exact) mass is 281 g/mol. The second kappa shape index (κ2) is 4.88. The first kappa shape index (κ1) is 14.5. The number of nitrogens with two attached hydrogens (primary N) is 1. The lowest BCUT2D eigenvalue weighted by molar-refractivity contribution is -0.152. The van der Waals surface area contributed by atoms with Crippen molar-refractivity contribution in [2.75, 3.05) is 0 Å². The van der Waals surface area contributed by atoms with E-state index in [1.165, 1.54) is 13.8 Å². The Morgan fingerprint density at radius 2 is 1.80 bits per heavy atom. The van der Waals surface area contributed by atoms with Crippen LogP contribution < -0.4 is 11.1 Å². The highest BCUT2D eigenvalue weighted by molar-refractivity contribution is 6.18. The third kappa shape index (κ3) is 2.17. The molecule has 1 aliphatic carbocycles. The Morgan fingerprint density at radius 3 is 2.30 bits per heavy atom. The normalized spacial score (nSPS) is 25.0. The van der Waals surface area contributed by atoms with Crippen LogP contribution in [0.3, 0.4) is 0 Å². The molecule has 2 fully saturated rings. The Bertz CT molecular complexity index is 480. The maximum atomic E-state index is 12.5. The number of rotatable bonds is 3. The van der Waals surface area contributed by atoms with Crippen LogP contribution in [-0.4, -0.2) is 34.2 Å². The summed E-state index contributed by atoms with van der Waals surface area (Å²) in [4.78, 5) is 48.6. The van der Waals surface area contributed by atoms with Crippen LogP contribution in [0.15, 0.2) is 0 Å². The average molecular weight is 281 g/mol. The molecule has 7 nitrogen and oxygen atoms in total. The first-order valence-corrected chi connectivity index (χ1v) is 6.75. The van der Waals surface area contributed by atoms with Gasteiger partial charge in [0.05, 0.1) is 0 Å². The largest absolute Gasteiger partial charge is 0.368 e. The molecule has 3 N–H and O–H groups in total. The van der Waals surface area contributed by atoms with E-state index in [4.69, 9.17) is 5.73 Å². The molecule has 1 atom stereocenters. The van der Waals surface area contributed by atoms with E-state index in [0.717, 1.165) is 30.6 Å². The molecule has 2 aliphatic rings. The molecule has 1 saturated carbocycles. The molecule has 0 aromatic heterocycles. The topological polar surface area (TPSA) is 110 Å². The molecule has 0 radical (unpaired) electrons. The maximum Gasteiger partial charge on any atom is 0.331 e. The number of carbonyl (C=O) groups excluding carboxylic acids is 4. The zero-order valence-corrected chi connectivity index (χ0v) is 11.6. The number of imide groups is 2. The highest BCUT2D eigenvalue weighted by atomic mass is 16.2. The van der Waals surface area contributed by atoms with Crippen molar-refractivity contribution in [3.8, 4) is 0 Å². The molecular formula is C13H19N3O4. The lowest BCUT2D eigenvalue weighted by atomic mass is 9.86. The number of hydrogen-bond acceptors (Lipinski definition) is 4. The Kier molecular flexibility index (Phi) is 3.54. The van der Waals surface area contributed by atoms with E-state index >= 15 is 0 Å². The number of barbiturate groups is 1. The smallest absolute Gasteiger partial charge is 0.331 e. The van der Waals surface area contributed by atoms with Gasteiger partial charge in [-0.15, -0.1) is 0 Å². The van der Waals surface area contributed by atoms with Crippen LogP contribution in [0.1, 0.15) is 39.5 Å². The number of urea groups is 1. The highest BCUT2D eigenvalue weighted by Gasteiger charge is 2.51. The van der Waals surface area contributed by atoms with Crippen molar-refractivity contribution < 1.29 is 19.2 Å². The summed E-state index contributed by atoms with van der Waals surface area (Å²) in [6, 6.07) is -0.877. The zero-order chi connectivity index (χ0) is 15.1. The predicted molar refractivity (Wildman–Crippen MR) is 69.1 cm³/mol. The fourth-order valence-corrected chi connectivity index (χ4v) is 2.94. The van der Waals surface area contributed by atoms with Crippen molar-refractivity contribution in [1.82, 2.24) is 10.2 Å². The van der Waals surface area contributed by atoms with Crippen molar-refractivity contribution >= 4 is 23.8 Å². The summed E-state index contributed by atoms with van der Waals surface area (Å²) in [5.74, 6) is -2.94. The summed E-state index contributed by atoms with van der Waals surface area (Å²) in [6.45, 7) is 2.79. The summed E-state index contributed by atoms with van der Waals surface area (Å²) in [6.07, 6.45) is 3.50. The number of carbonyl (C=O) groups is 4. The average Bonchev–Trinajstić information content (AvgIpc) is 2.80. The van der Waals surface area contributed by atoms with Crippen LogP contribution in [-0.2, 0) is 14.4 Å². The molecular weight excluding hydrogens is 262 g/mol. The molecule has 7 heteroatoms. The minimum Gasteiger partial charge on any atom is -0.368 e. The summed E-state index contributed by atoms with van der Waals surface area (Å²) in [7, 11) is 0. The van der Waals surface area contributed by atoms with E-state index in [1.807, 2.05) is 0 Å². The molecule has 20 heavy (non-hydrogen) atoms. The molecule has 0 bridgehead atoms. The Morgan fingerprint density at radius 1 is 1.25 bits per heavy atom. The van der Waals surface area contributed by atoms with Gasteiger partial charge in [0, 0.05) is 0 Å². The van der Waals surface area contributed by atoms with E-state index in [2.05, 4.69) is 5.32 Å². The number of amides is 5. The minimum atomic E-state index is -1.46. The second-order valence-corrected chi connectivity index (χ2v) is 5.91. The number of nitrogens with zero attached hydrogens (tertiary/aromatic N) is 1. The van der Waals surface area contributed by atoms with Gasteiger partial charge < -0.3 is 5.73 Å². The molecule has 1 heterocycles. The summed E-state index contributed by atoms with van der Waals surface area (Å²) < 4.78 is 0. The van der Waals surface area contributed by atoms with Gasteiger partial charge in [-0.05, 0) is 32.6 Å². The van der Waals surface area contributed by atoms with Crippen LogP contribution in [0.5, 0.6) is 0 Å². The van der Waals surface area contributed by atoms with Gasteiger partial charge in [0.15, 0.2) is 0 Å². The van der Waals surface area contributed by atoms with Crippen molar-refractivity contribution in [1.29, 1.82) is 0 Å². The van der Waals surface area contributed by atoms with E-state index in [1.54, 1.807) is 0 Å². The summed E-state index contributed by atoms with van der Waals surface area (Å²) >= 11 is 0. The molecule has 0 aromatic rings. The van der Waals surface area contributed by atoms with Crippen LogP contribution in [0.2, 0.25) is 0 Å². The Labute approximate surface area is 116 Å². The van der Waals surface area contributed by atoms with E-state index in [9.17, 15) is 19.2 Å². The van der Waals surface area contributed by atoms with Crippen LogP contribution >= 0.6 is 0 Å². The molecule has 0 spiro atoms. The van der Waals surface area contributed by atoms with Crippen LogP contribution in [0.4, 0.5) is 4.79 Å². The first-order chi connectivity index (χ1) is 9.26. The summed E-state index contributed by atoms with van der Waals surface area (Å²) in [5.41, 5.74) is 3.80. The maximum absolute atomic E-state index is 12.5. The van der Waals surface area contributed by atoms with Crippen molar-refractivity contribution in [2.24, 2.45) is 17.6 Å². The van der Waals surface area contributed by atoms with Gasteiger partial charge in [0.25, 0.3) is 0 Å². The van der Waals surface area contributed by atoms with Crippen molar-refractivity contribution in [2.45, 2.75) is 45.1 Å². The predicted octanol–water partition coefficient (Wildman–Crippen LogP) is 0.135. The fraction of sp³-hybridized carbons (Fsp3) is 0.692. The quantitative estimate of drug-likeness (QED) is 0.717. The molecule has 1 aliphatic heterocycles. The first-order valence-electron chi connectivity index (χ1n) is 6.75. The molecule has 1 unspecified atom stereocenters. The van der Waals surface area contributed by atoms with Gasteiger partial charge in [-0.3, -0.25) is 19.7 Å². The Hall–Kier alpha value is -1.92. The van der Waals surface area contributed by atoms with Crippen LogP contribution in [0, 0.1) is 11.8 Å². The third-order valence-corrected chi connectivity index (χ3v) is 4.24.